The number of benzene rings is 1. The largest absolute Gasteiger partial charge is 0.501 e. The highest BCUT2D eigenvalue weighted by Crippen LogP contribution is 2.34. The summed E-state index contributed by atoms with van der Waals surface area (Å²) in [6.45, 7) is 2.29. The lowest BCUT2D eigenvalue weighted by atomic mass is 10.2. The molecule has 0 aliphatic carbocycles. The van der Waals surface area contributed by atoms with E-state index in [0.717, 1.165) is 12.1 Å². The van der Waals surface area contributed by atoms with Crippen molar-refractivity contribution in [1.82, 2.24) is 0 Å². The number of hydrogen-bond donors (Lipinski definition) is 1. The standard InChI is InChI=1S/C12H15F4NO3S/c1-8(7-20-2)6-17-10-4-3-9(13)5-11(10)21(18,19)12(14,15)16/h3-5,8,17H,6-7H2,1-2H3. The van der Waals surface area contributed by atoms with E-state index >= 15 is 0 Å². The van der Waals surface area contributed by atoms with Crippen LogP contribution in [0.15, 0.2) is 23.1 Å². The number of rotatable bonds is 6. The van der Waals surface area contributed by atoms with Gasteiger partial charge in [0.2, 0.25) is 0 Å². The molecule has 1 atom stereocenters. The Morgan fingerprint density at radius 2 is 1.95 bits per heavy atom. The summed E-state index contributed by atoms with van der Waals surface area (Å²) < 4.78 is 78.6. The quantitative estimate of drug-likeness (QED) is 0.816. The summed E-state index contributed by atoms with van der Waals surface area (Å²) in [6, 6.07) is 2.21. The molecule has 0 amide bonds. The minimum atomic E-state index is -5.62. The fourth-order valence-corrected chi connectivity index (χ4v) is 2.56. The summed E-state index contributed by atoms with van der Waals surface area (Å²) in [7, 11) is -4.16. The molecular formula is C12H15F4NO3S. The SMILES string of the molecule is COCC(C)CNc1ccc(F)cc1S(=O)(=O)C(F)(F)F. The molecule has 1 unspecified atom stereocenters. The Hall–Kier alpha value is -1.35. The van der Waals surface area contributed by atoms with Crippen molar-refractivity contribution in [3.05, 3.63) is 24.0 Å². The Morgan fingerprint density at radius 1 is 1.33 bits per heavy atom. The summed E-state index contributed by atoms with van der Waals surface area (Å²) >= 11 is 0. The molecule has 0 saturated heterocycles. The second-order valence-corrected chi connectivity index (χ2v) is 6.44. The van der Waals surface area contributed by atoms with E-state index in [2.05, 4.69) is 5.32 Å². The Balaban J connectivity index is 3.12. The van der Waals surface area contributed by atoms with E-state index in [1.807, 2.05) is 0 Å². The Kier molecular flexibility index (Phi) is 5.57. The van der Waals surface area contributed by atoms with Crippen molar-refractivity contribution in [3.8, 4) is 0 Å². The molecule has 0 fully saturated rings. The lowest BCUT2D eigenvalue weighted by molar-refractivity contribution is -0.0435. The monoisotopic (exact) mass is 329 g/mol. The van der Waals surface area contributed by atoms with E-state index in [1.54, 1.807) is 6.92 Å². The summed E-state index contributed by atoms with van der Waals surface area (Å²) in [6.07, 6.45) is 0. The molecule has 0 bridgehead atoms. The van der Waals surface area contributed by atoms with Crippen LogP contribution in [0.4, 0.5) is 23.2 Å². The third-order valence-electron chi connectivity index (χ3n) is 2.63. The molecule has 0 aliphatic rings. The molecule has 0 spiro atoms. The first-order chi connectivity index (χ1) is 9.59. The summed E-state index contributed by atoms with van der Waals surface area (Å²) in [5.74, 6) is -1.13. The Morgan fingerprint density at radius 3 is 2.48 bits per heavy atom. The van der Waals surface area contributed by atoms with Gasteiger partial charge in [0, 0.05) is 13.7 Å². The molecule has 0 radical (unpaired) electrons. The predicted molar refractivity (Wildman–Crippen MR) is 69.2 cm³/mol. The van der Waals surface area contributed by atoms with E-state index in [9.17, 15) is 26.0 Å². The van der Waals surface area contributed by atoms with Gasteiger partial charge >= 0.3 is 5.51 Å². The highest BCUT2D eigenvalue weighted by atomic mass is 32.2. The molecule has 0 aliphatic heterocycles. The number of ether oxygens (including phenoxy) is 1. The molecule has 1 aromatic rings. The topological polar surface area (TPSA) is 55.4 Å². The van der Waals surface area contributed by atoms with Crippen molar-refractivity contribution in [3.63, 3.8) is 0 Å². The van der Waals surface area contributed by atoms with Crippen molar-refractivity contribution in [2.75, 3.05) is 25.6 Å². The molecule has 9 heteroatoms. The number of halogens is 4. The van der Waals surface area contributed by atoms with Gasteiger partial charge in [-0.3, -0.25) is 0 Å². The van der Waals surface area contributed by atoms with Gasteiger partial charge in [-0.2, -0.15) is 13.2 Å². The first-order valence-corrected chi connectivity index (χ1v) is 7.41. The lowest BCUT2D eigenvalue weighted by Crippen LogP contribution is -2.25. The number of nitrogens with one attached hydrogen (secondary N) is 1. The van der Waals surface area contributed by atoms with Crippen molar-refractivity contribution in [1.29, 1.82) is 0 Å². The van der Waals surface area contributed by atoms with Gasteiger partial charge < -0.3 is 10.1 Å². The molecule has 1 aromatic carbocycles. The van der Waals surface area contributed by atoms with Gasteiger partial charge in [0.25, 0.3) is 9.84 Å². The average Bonchev–Trinajstić information content (AvgIpc) is 2.36. The van der Waals surface area contributed by atoms with Gasteiger partial charge in [0.15, 0.2) is 0 Å². The molecule has 21 heavy (non-hydrogen) atoms. The zero-order valence-electron chi connectivity index (χ0n) is 11.4. The highest BCUT2D eigenvalue weighted by molar-refractivity contribution is 7.92. The van der Waals surface area contributed by atoms with Crippen LogP contribution in [-0.4, -0.2) is 34.2 Å². The molecule has 120 valence electrons. The second-order valence-electron chi connectivity index (χ2n) is 4.53. The van der Waals surface area contributed by atoms with Crippen LogP contribution in [0.5, 0.6) is 0 Å². The predicted octanol–water partition coefficient (Wildman–Crippen LogP) is 2.81. The Bertz CT molecular complexity index is 587. The van der Waals surface area contributed by atoms with Crippen LogP contribution in [0.1, 0.15) is 6.92 Å². The zero-order valence-corrected chi connectivity index (χ0v) is 12.2. The van der Waals surface area contributed by atoms with E-state index in [0.29, 0.717) is 12.7 Å². The van der Waals surface area contributed by atoms with Crippen molar-refractivity contribution in [2.24, 2.45) is 5.92 Å². The molecule has 0 aromatic heterocycles. The maximum absolute atomic E-state index is 13.1. The smallest absolute Gasteiger partial charge is 0.384 e. The van der Waals surface area contributed by atoms with E-state index in [4.69, 9.17) is 4.74 Å². The number of anilines is 1. The fraction of sp³-hybridized carbons (Fsp3) is 0.500. The van der Waals surface area contributed by atoms with E-state index in [-0.39, 0.29) is 18.2 Å². The van der Waals surface area contributed by atoms with Crippen LogP contribution in [0.25, 0.3) is 0 Å². The first kappa shape index (κ1) is 17.7. The fourth-order valence-electron chi connectivity index (χ4n) is 1.62. The zero-order chi connectivity index (χ0) is 16.3. The number of alkyl halides is 3. The third kappa shape index (κ3) is 4.31. The number of hydrogen-bond acceptors (Lipinski definition) is 4. The molecule has 0 saturated carbocycles. The maximum Gasteiger partial charge on any atom is 0.501 e. The first-order valence-electron chi connectivity index (χ1n) is 5.93. The summed E-state index contributed by atoms with van der Waals surface area (Å²) in [5.41, 5.74) is -5.79. The Labute approximate surface area is 120 Å². The van der Waals surface area contributed by atoms with Gasteiger partial charge in [-0.25, -0.2) is 12.8 Å². The van der Waals surface area contributed by atoms with Crippen LogP contribution in [-0.2, 0) is 14.6 Å². The highest BCUT2D eigenvalue weighted by Gasteiger charge is 2.48. The number of sulfone groups is 1. The van der Waals surface area contributed by atoms with Gasteiger partial charge in [-0.15, -0.1) is 0 Å². The molecular weight excluding hydrogens is 314 g/mol. The van der Waals surface area contributed by atoms with Gasteiger partial charge in [-0.05, 0) is 24.1 Å². The van der Waals surface area contributed by atoms with Crippen LogP contribution in [0, 0.1) is 11.7 Å². The van der Waals surface area contributed by atoms with Crippen molar-refractivity contribution in [2.45, 2.75) is 17.3 Å². The van der Waals surface area contributed by atoms with Crippen LogP contribution < -0.4 is 5.32 Å². The van der Waals surface area contributed by atoms with Crippen LogP contribution in [0.2, 0.25) is 0 Å². The van der Waals surface area contributed by atoms with Crippen molar-refractivity contribution >= 4 is 15.5 Å². The second kappa shape index (κ2) is 6.61. The molecule has 1 N–H and O–H groups in total. The van der Waals surface area contributed by atoms with Crippen molar-refractivity contribution < 1.29 is 30.7 Å². The molecule has 1 rings (SSSR count). The molecule has 0 heterocycles. The lowest BCUT2D eigenvalue weighted by Gasteiger charge is -2.16. The van der Waals surface area contributed by atoms with Crippen LogP contribution >= 0.6 is 0 Å². The van der Waals surface area contributed by atoms with E-state index < -0.39 is 26.1 Å². The maximum atomic E-state index is 13.1. The van der Waals surface area contributed by atoms with E-state index in [1.165, 1.54) is 7.11 Å². The van der Waals surface area contributed by atoms with Crippen LogP contribution in [0.3, 0.4) is 0 Å². The normalized spacial score (nSPS) is 14.0. The average molecular weight is 329 g/mol. The van der Waals surface area contributed by atoms with Gasteiger partial charge in [-0.1, -0.05) is 6.92 Å². The number of methoxy groups -OCH3 is 1. The minimum absolute atomic E-state index is 0.0681. The minimum Gasteiger partial charge on any atom is -0.384 e. The summed E-state index contributed by atoms with van der Waals surface area (Å²) in [5, 5.41) is 2.58. The van der Waals surface area contributed by atoms with Gasteiger partial charge in [0.1, 0.15) is 10.7 Å². The molecule has 4 nitrogen and oxygen atoms in total. The third-order valence-corrected chi connectivity index (χ3v) is 4.16. The van der Waals surface area contributed by atoms with Gasteiger partial charge in [0.05, 0.1) is 12.3 Å². The summed E-state index contributed by atoms with van der Waals surface area (Å²) in [4.78, 5) is -1.13.